The molecule has 0 fully saturated rings. The van der Waals surface area contributed by atoms with Gasteiger partial charge in [-0.15, -0.1) is 0 Å². The lowest BCUT2D eigenvalue weighted by atomic mass is 9.87. The second-order valence-corrected chi connectivity index (χ2v) is 17.1. The Balaban J connectivity index is 3.11. The molecule has 0 amide bonds. The largest absolute Gasteiger partial charge is 0.295 e. The smallest absolute Gasteiger partial charge is 0.282 e. The predicted octanol–water partition coefficient (Wildman–Crippen LogP) is 5.01. The van der Waals surface area contributed by atoms with E-state index in [4.69, 9.17) is 0 Å². The van der Waals surface area contributed by atoms with Crippen molar-refractivity contribution in [3.05, 3.63) is 47.5 Å². The molecular weight excluding hydrogens is 479 g/mol. The van der Waals surface area contributed by atoms with Crippen molar-refractivity contribution in [1.82, 2.24) is 0 Å². The van der Waals surface area contributed by atoms with Crippen LogP contribution in [-0.4, -0.2) is 31.1 Å². The fourth-order valence-corrected chi connectivity index (χ4v) is 8.80. The first-order valence-electron chi connectivity index (χ1n) is 10.6. The van der Waals surface area contributed by atoms with Crippen LogP contribution in [0, 0.1) is 0 Å². The maximum absolute atomic E-state index is 12.4. The van der Waals surface area contributed by atoms with Crippen molar-refractivity contribution < 1.29 is 25.9 Å². The number of benzene rings is 2. The van der Waals surface area contributed by atoms with Crippen LogP contribution in [0.2, 0.25) is 0 Å². The lowest BCUT2D eigenvalue weighted by Gasteiger charge is -2.36. The van der Waals surface area contributed by atoms with Crippen LogP contribution in [-0.2, 0) is 31.1 Å². The zero-order chi connectivity index (χ0) is 25.8. The van der Waals surface area contributed by atoms with Gasteiger partial charge < -0.3 is 0 Å². The lowest BCUT2D eigenvalue weighted by molar-refractivity contribution is 0.481. The van der Waals surface area contributed by atoms with E-state index in [1.807, 2.05) is 62.3 Å². The van der Waals surface area contributed by atoms with E-state index in [0.717, 1.165) is 11.1 Å². The van der Waals surface area contributed by atoms with E-state index in [-0.39, 0.29) is 20.6 Å². The third kappa shape index (κ3) is 6.43. The van der Waals surface area contributed by atoms with Crippen molar-refractivity contribution in [2.24, 2.45) is 0 Å². The summed E-state index contributed by atoms with van der Waals surface area (Å²) in [7, 11) is -10.9. The molecule has 2 rings (SSSR count). The summed E-state index contributed by atoms with van der Waals surface area (Å²) in [6, 6.07) is 9.59. The van der Waals surface area contributed by atoms with Gasteiger partial charge in [0.15, 0.2) is 0 Å². The van der Waals surface area contributed by atoms with Crippen LogP contribution < -0.4 is 10.6 Å². The van der Waals surface area contributed by atoms with E-state index in [1.165, 1.54) is 12.1 Å². The molecule has 33 heavy (non-hydrogen) atoms. The molecule has 0 atom stereocenters. The van der Waals surface area contributed by atoms with Gasteiger partial charge in [-0.3, -0.25) is 9.11 Å². The molecule has 0 radical (unpaired) electrons. The minimum atomic E-state index is -4.59. The molecule has 2 N–H and O–H groups in total. The van der Waals surface area contributed by atoms with Crippen molar-refractivity contribution in [2.45, 2.75) is 88.1 Å². The topological polar surface area (TPSA) is 109 Å². The third-order valence-corrected chi connectivity index (χ3v) is 10.5. The van der Waals surface area contributed by atoms with Gasteiger partial charge in [0.05, 0.1) is 0 Å². The average Bonchev–Trinajstić information content (AvgIpc) is 2.57. The zero-order valence-electron chi connectivity index (χ0n) is 20.8. The molecular formula is C24H35O6PS2. The van der Waals surface area contributed by atoms with Gasteiger partial charge >= 0.3 is 0 Å². The van der Waals surface area contributed by atoms with E-state index < -0.39 is 33.3 Å². The summed E-state index contributed by atoms with van der Waals surface area (Å²) in [6.07, 6.45) is 0. The van der Waals surface area contributed by atoms with Crippen LogP contribution in [0.3, 0.4) is 0 Å². The Morgan fingerprint density at radius 1 is 0.606 bits per heavy atom. The van der Waals surface area contributed by atoms with Gasteiger partial charge in [-0.05, 0) is 59.3 Å². The molecule has 0 bridgehead atoms. The molecule has 0 heterocycles. The highest BCUT2D eigenvalue weighted by Gasteiger charge is 2.37. The minimum absolute atomic E-state index is 0.251. The second kappa shape index (κ2) is 8.72. The summed E-state index contributed by atoms with van der Waals surface area (Å²) >= 11 is 0. The molecule has 0 unspecified atom stereocenters. The first kappa shape index (κ1) is 27.9. The van der Waals surface area contributed by atoms with E-state index in [9.17, 15) is 25.9 Å². The fraction of sp³-hybridized carbons (Fsp3) is 0.500. The summed E-state index contributed by atoms with van der Waals surface area (Å²) < 4.78 is 69.6. The summed E-state index contributed by atoms with van der Waals surface area (Å²) in [5.74, 6) is 0. The highest BCUT2D eigenvalue weighted by atomic mass is 32.2. The van der Waals surface area contributed by atoms with Crippen molar-refractivity contribution in [3.63, 3.8) is 0 Å². The Morgan fingerprint density at radius 3 is 1.12 bits per heavy atom. The van der Waals surface area contributed by atoms with Gasteiger partial charge in [0.25, 0.3) is 20.2 Å². The van der Waals surface area contributed by atoms with E-state index >= 15 is 0 Å². The highest BCUT2D eigenvalue weighted by molar-refractivity contribution is 7.88. The molecule has 6 nitrogen and oxygen atoms in total. The van der Waals surface area contributed by atoms with Gasteiger partial charge in [-0.1, -0.05) is 74.4 Å². The van der Waals surface area contributed by atoms with Crippen molar-refractivity contribution >= 4 is 38.8 Å². The normalized spacial score (nSPS) is 14.1. The van der Waals surface area contributed by atoms with Gasteiger partial charge in [-0.25, -0.2) is 0 Å². The van der Waals surface area contributed by atoms with Gasteiger partial charge in [0.1, 0.15) is 9.79 Å². The Kier molecular flexibility index (Phi) is 7.38. The molecule has 0 aromatic heterocycles. The standard InChI is InChI=1S/C24H35O6PS2/c1-22(2,3)16-10-12-20(32(25,26)27)18(14-16)31(24(7,8)9)19-15-17(23(4,5)6)11-13-21(19)33(28,29)30/h10-15H,1-9H3,(H,25,26,27)(H,28,29,30). The van der Waals surface area contributed by atoms with E-state index in [2.05, 4.69) is 0 Å². The highest BCUT2D eigenvalue weighted by Crippen LogP contribution is 2.51. The Morgan fingerprint density at radius 2 is 0.909 bits per heavy atom. The molecule has 2 aromatic rings. The average molecular weight is 515 g/mol. The van der Waals surface area contributed by atoms with Crippen molar-refractivity contribution in [2.75, 3.05) is 0 Å². The SMILES string of the molecule is CC(C)(C)c1ccc(S(=O)(=O)O)c(P(c2cc(C(C)(C)C)ccc2S(=O)(=O)O)C(C)(C)C)c1. The van der Waals surface area contributed by atoms with Crippen LogP contribution in [0.15, 0.2) is 46.2 Å². The maximum atomic E-state index is 12.4. The Hall–Kier alpha value is -1.31. The summed E-state index contributed by atoms with van der Waals surface area (Å²) in [5, 5.41) is 0.0908. The molecule has 0 aliphatic carbocycles. The quantitative estimate of drug-likeness (QED) is 0.439. The van der Waals surface area contributed by atoms with Gasteiger partial charge in [0.2, 0.25) is 0 Å². The molecule has 0 aliphatic rings. The number of hydrogen-bond acceptors (Lipinski definition) is 4. The fourth-order valence-electron chi connectivity index (χ4n) is 3.61. The zero-order valence-corrected chi connectivity index (χ0v) is 23.3. The van der Waals surface area contributed by atoms with Gasteiger partial charge in [-0.2, -0.15) is 16.8 Å². The van der Waals surface area contributed by atoms with Crippen LogP contribution in [0.25, 0.3) is 0 Å². The van der Waals surface area contributed by atoms with Crippen molar-refractivity contribution in [1.29, 1.82) is 0 Å². The van der Waals surface area contributed by atoms with Crippen LogP contribution >= 0.6 is 7.92 Å². The molecule has 2 aromatic carbocycles. The Labute approximate surface area is 200 Å². The van der Waals surface area contributed by atoms with E-state index in [1.54, 1.807) is 24.3 Å². The molecule has 9 heteroatoms. The molecule has 184 valence electrons. The first-order chi connectivity index (χ1) is 14.5. The molecule has 0 aliphatic heterocycles. The minimum Gasteiger partial charge on any atom is -0.282 e. The maximum Gasteiger partial charge on any atom is 0.295 e. The molecule has 0 saturated carbocycles. The first-order valence-corrected chi connectivity index (χ1v) is 14.8. The Bertz CT molecular complexity index is 1170. The lowest BCUT2D eigenvalue weighted by Crippen LogP contribution is -2.33. The molecule has 0 saturated heterocycles. The summed E-state index contributed by atoms with van der Waals surface area (Å²) in [6.45, 7) is 17.6. The van der Waals surface area contributed by atoms with Crippen LogP contribution in [0.5, 0.6) is 0 Å². The second-order valence-electron chi connectivity index (χ2n) is 11.3. The monoisotopic (exact) mass is 514 g/mol. The summed E-state index contributed by atoms with van der Waals surface area (Å²) in [4.78, 5) is -0.502. The van der Waals surface area contributed by atoms with E-state index in [0.29, 0.717) is 10.6 Å². The summed E-state index contributed by atoms with van der Waals surface area (Å²) in [5.41, 5.74) is 1.07. The van der Waals surface area contributed by atoms with Gasteiger partial charge in [0, 0.05) is 10.6 Å². The van der Waals surface area contributed by atoms with Crippen molar-refractivity contribution in [3.8, 4) is 0 Å². The molecule has 0 spiro atoms. The number of hydrogen-bond donors (Lipinski definition) is 2. The third-order valence-electron chi connectivity index (χ3n) is 5.36. The van der Waals surface area contributed by atoms with Crippen LogP contribution in [0.4, 0.5) is 0 Å². The predicted molar refractivity (Wildman–Crippen MR) is 136 cm³/mol. The van der Waals surface area contributed by atoms with Crippen LogP contribution in [0.1, 0.15) is 73.4 Å². The number of rotatable bonds is 4.